The molecule has 0 radical (unpaired) electrons. The summed E-state index contributed by atoms with van der Waals surface area (Å²) in [5, 5.41) is 13.0. The molecule has 112 valence electrons. The molecule has 0 aromatic heterocycles. The Hall–Kier alpha value is -1.62. The minimum absolute atomic E-state index is 0.0993. The van der Waals surface area contributed by atoms with E-state index in [2.05, 4.69) is 5.32 Å². The van der Waals surface area contributed by atoms with Gasteiger partial charge in [-0.3, -0.25) is 0 Å². The van der Waals surface area contributed by atoms with Crippen LogP contribution in [0, 0.1) is 5.82 Å². The van der Waals surface area contributed by atoms with Crippen LogP contribution in [0.3, 0.4) is 0 Å². The van der Waals surface area contributed by atoms with Gasteiger partial charge in [0.05, 0.1) is 5.02 Å². The van der Waals surface area contributed by atoms with E-state index in [0.29, 0.717) is 13.1 Å². The van der Waals surface area contributed by atoms with Gasteiger partial charge in [-0.1, -0.05) is 35.9 Å². The van der Waals surface area contributed by atoms with Gasteiger partial charge < -0.3 is 15.2 Å². The molecule has 2 aromatic rings. The quantitative estimate of drug-likeness (QED) is 0.826. The van der Waals surface area contributed by atoms with E-state index in [-0.39, 0.29) is 11.6 Å². The fourth-order valence-corrected chi connectivity index (χ4v) is 2.00. The molecule has 0 saturated heterocycles. The third kappa shape index (κ3) is 5.34. The molecule has 0 heterocycles. The Morgan fingerprint density at radius 1 is 1.19 bits per heavy atom. The summed E-state index contributed by atoms with van der Waals surface area (Å²) in [6.07, 6.45) is -0.624. The molecule has 0 aliphatic rings. The van der Waals surface area contributed by atoms with Crippen molar-refractivity contribution in [2.45, 2.75) is 12.6 Å². The number of nitrogens with one attached hydrogen (secondary N) is 1. The first-order chi connectivity index (χ1) is 10.1. The van der Waals surface area contributed by atoms with Crippen LogP contribution in [0.25, 0.3) is 0 Å². The Bertz CT molecular complexity index is 565. The van der Waals surface area contributed by atoms with Crippen LogP contribution in [-0.4, -0.2) is 24.4 Å². The summed E-state index contributed by atoms with van der Waals surface area (Å²) in [5.74, 6) is 0.290. The van der Waals surface area contributed by atoms with Crippen LogP contribution in [-0.2, 0) is 6.54 Å². The number of aliphatic hydroxyl groups is 1. The van der Waals surface area contributed by atoms with Crippen molar-refractivity contribution in [2.24, 2.45) is 0 Å². The first kappa shape index (κ1) is 15.8. The molecule has 21 heavy (non-hydrogen) atoms. The third-order valence-corrected chi connectivity index (χ3v) is 3.17. The molecule has 0 saturated carbocycles. The van der Waals surface area contributed by atoms with Crippen molar-refractivity contribution in [1.82, 2.24) is 5.32 Å². The Kier molecular flexibility index (Phi) is 5.99. The van der Waals surface area contributed by atoms with Crippen LogP contribution in [0.2, 0.25) is 5.02 Å². The summed E-state index contributed by atoms with van der Waals surface area (Å²) >= 11 is 5.70. The van der Waals surface area contributed by atoms with Crippen molar-refractivity contribution in [1.29, 1.82) is 0 Å². The minimum atomic E-state index is -0.624. The molecule has 2 aromatic carbocycles. The highest BCUT2D eigenvalue weighted by molar-refractivity contribution is 6.30. The highest BCUT2D eigenvalue weighted by atomic mass is 35.5. The van der Waals surface area contributed by atoms with E-state index in [9.17, 15) is 9.50 Å². The third-order valence-electron chi connectivity index (χ3n) is 2.88. The number of rotatable bonds is 7. The number of ether oxygens (including phenoxy) is 1. The lowest BCUT2D eigenvalue weighted by Crippen LogP contribution is -2.31. The normalized spacial score (nSPS) is 12.1. The number of benzene rings is 2. The van der Waals surface area contributed by atoms with E-state index in [0.717, 1.165) is 11.3 Å². The van der Waals surface area contributed by atoms with Crippen molar-refractivity contribution in [3.63, 3.8) is 0 Å². The number of aliphatic hydroxyl groups excluding tert-OH is 1. The molecule has 2 rings (SSSR count). The molecule has 0 aliphatic heterocycles. The number of hydrogen-bond acceptors (Lipinski definition) is 3. The summed E-state index contributed by atoms with van der Waals surface area (Å²) < 4.78 is 18.4. The van der Waals surface area contributed by atoms with Gasteiger partial charge in [-0.05, 0) is 29.8 Å². The van der Waals surface area contributed by atoms with Crippen molar-refractivity contribution in [3.05, 3.63) is 64.9 Å². The lowest BCUT2D eigenvalue weighted by Gasteiger charge is -2.13. The molecule has 2 N–H and O–H groups in total. The monoisotopic (exact) mass is 309 g/mol. The molecular formula is C16H17ClFNO2. The van der Waals surface area contributed by atoms with Gasteiger partial charge in [0.2, 0.25) is 0 Å². The summed E-state index contributed by atoms with van der Waals surface area (Å²) in [6.45, 7) is 1.09. The fourth-order valence-electron chi connectivity index (χ4n) is 1.80. The van der Waals surface area contributed by atoms with Gasteiger partial charge in [0.1, 0.15) is 24.3 Å². The number of para-hydroxylation sites is 1. The molecule has 0 bridgehead atoms. The van der Waals surface area contributed by atoms with Crippen molar-refractivity contribution >= 4 is 11.6 Å². The van der Waals surface area contributed by atoms with Crippen molar-refractivity contribution in [3.8, 4) is 5.75 Å². The zero-order valence-electron chi connectivity index (χ0n) is 11.4. The molecular weight excluding hydrogens is 293 g/mol. The first-order valence-electron chi connectivity index (χ1n) is 6.65. The van der Waals surface area contributed by atoms with Crippen LogP contribution in [0.15, 0.2) is 48.5 Å². The molecule has 1 unspecified atom stereocenters. The van der Waals surface area contributed by atoms with Crippen LogP contribution in [0.1, 0.15) is 5.56 Å². The summed E-state index contributed by atoms with van der Waals surface area (Å²) in [5.41, 5.74) is 0.859. The molecule has 0 amide bonds. The SMILES string of the molecule is OC(CNCc1ccc(F)c(Cl)c1)COc1ccccc1. The maximum atomic E-state index is 13.0. The van der Waals surface area contributed by atoms with Gasteiger partial charge in [0, 0.05) is 13.1 Å². The topological polar surface area (TPSA) is 41.5 Å². The van der Waals surface area contributed by atoms with Crippen LogP contribution >= 0.6 is 11.6 Å². The second-order valence-electron chi connectivity index (χ2n) is 4.66. The maximum absolute atomic E-state index is 13.0. The van der Waals surface area contributed by atoms with E-state index in [1.807, 2.05) is 30.3 Å². The molecule has 1 atom stereocenters. The van der Waals surface area contributed by atoms with E-state index in [1.54, 1.807) is 12.1 Å². The number of halogens is 2. The van der Waals surface area contributed by atoms with E-state index in [1.165, 1.54) is 6.07 Å². The summed E-state index contributed by atoms with van der Waals surface area (Å²) in [6, 6.07) is 13.9. The van der Waals surface area contributed by atoms with E-state index in [4.69, 9.17) is 16.3 Å². The van der Waals surface area contributed by atoms with Gasteiger partial charge >= 0.3 is 0 Å². The van der Waals surface area contributed by atoms with Crippen molar-refractivity contribution in [2.75, 3.05) is 13.2 Å². The van der Waals surface area contributed by atoms with Crippen LogP contribution < -0.4 is 10.1 Å². The Morgan fingerprint density at radius 2 is 1.95 bits per heavy atom. The zero-order valence-corrected chi connectivity index (χ0v) is 12.2. The molecule has 0 aliphatic carbocycles. The lowest BCUT2D eigenvalue weighted by molar-refractivity contribution is 0.106. The Labute approximate surface area is 128 Å². The predicted molar refractivity (Wildman–Crippen MR) is 81.1 cm³/mol. The average molecular weight is 310 g/mol. The van der Waals surface area contributed by atoms with Gasteiger partial charge in [-0.15, -0.1) is 0 Å². The number of hydrogen-bond donors (Lipinski definition) is 2. The van der Waals surface area contributed by atoms with Crippen LogP contribution in [0.5, 0.6) is 5.75 Å². The standard InChI is InChI=1S/C16H17ClFNO2/c17-15-8-12(6-7-16(15)18)9-19-10-13(20)11-21-14-4-2-1-3-5-14/h1-8,13,19-20H,9-11H2. The Morgan fingerprint density at radius 3 is 2.67 bits per heavy atom. The van der Waals surface area contributed by atoms with Gasteiger partial charge in [-0.2, -0.15) is 0 Å². The first-order valence-corrected chi connectivity index (χ1v) is 7.03. The molecule has 3 nitrogen and oxygen atoms in total. The van der Waals surface area contributed by atoms with E-state index >= 15 is 0 Å². The highest BCUT2D eigenvalue weighted by Crippen LogP contribution is 2.15. The van der Waals surface area contributed by atoms with Gasteiger partial charge in [0.15, 0.2) is 0 Å². The second kappa shape index (κ2) is 7.98. The Balaban J connectivity index is 1.69. The van der Waals surface area contributed by atoms with Gasteiger partial charge in [0.25, 0.3) is 0 Å². The van der Waals surface area contributed by atoms with Gasteiger partial charge in [-0.25, -0.2) is 4.39 Å². The second-order valence-corrected chi connectivity index (χ2v) is 5.06. The van der Waals surface area contributed by atoms with E-state index < -0.39 is 11.9 Å². The summed E-state index contributed by atoms with van der Waals surface area (Å²) in [7, 11) is 0. The smallest absolute Gasteiger partial charge is 0.141 e. The van der Waals surface area contributed by atoms with Crippen molar-refractivity contribution < 1.29 is 14.2 Å². The molecule has 5 heteroatoms. The predicted octanol–water partition coefficient (Wildman–Crippen LogP) is 3.01. The summed E-state index contributed by atoms with van der Waals surface area (Å²) in [4.78, 5) is 0. The maximum Gasteiger partial charge on any atom is 0.141 e. The highest BCUT2D eigenvalue weighted by Gasteiger charge is 2.06. The molecule has 0 fully saturated rings. The largest absolute Gasteiger partial charge is 0.491 e. The molecule has 0 spiro atoms. The zero-order chi connectivity index (χ0) is 15.1. The minimum Gasteiger partial charge on any atom is -0.491 e. The fraction of sp³-hybridized carbons (Fsp3) is 0.250. The lowest BCUT2D eigenvalue weighted by atomic mass is 10.2. The average Bonchev–Trinajstić information content (AvgIpc) is 2.50. The van der Waals surface area contributed by atoms with Crippen LogP contribution in [0.4, 0.5) is 4.39 Å².